The van der Waals surface area contributed by atoms with Gasteiger partial charge in [0.25, 0.3) is 0 Å². The lowest BCUT2D eigenvalue weighted by atomic mass is 9.98. The van der Waals surface area contributed by atoms with Gasteiger partial charge in [-0.25, -0.2) is 4.79 Å². The Kier molecular flexibility index (Phi) is 4.25. The predicted octanol–water partition coefficient (Wildman–Crippen LogP) is 3.33. The summed E-state index contributed by atoms with van der Waals surface area (Å²) in [6.07, 6.45) is 5.31. The van der Waals surface area contributed by atoms with E-state index in [4.69, 9.17) is 5.11 Å². The monoisotopic (exact) mass is 259 g/mol. The van der Waals surface area contributed by atoms with Crippen molar-refractivity contribution in [2.24, 2.45) is 5.92 Å². The molecule has 3 heteroatoms. The first-order chi connectivity index (χ1) is 9.06. The van der Waals surface area contributed by atoms with Crippen LogP contribution >= 0.6 is 0 Å². The number of piperidine rings is 1. The molecule has 0 unspecified atom stereocenters. The van der Waals surface area contributed by atoms with Gasteiger partial charge >= 0.3 is 5.97 Å². The quantitative estimate of drug-likeness (QED) is 0.846. The van der Waals surface area contributed by atoms with Gasteiger partial charge in [0.1, 0.15) is 0 Å². The number of hydrogen-bond donors (Lipinski definition) is 1. The number of carboxylic acids is 1. The Balaban J connectivity index is 2.13. The zero-order chi connectivity index (χ0) is 13.8. The molecule has 1 aromatic rings. The summed E-state index contributed by atoms with van der Waals surface area (Å²) in [6.45, 7) is 6.63. The van der Waals surface area contributed by atoms with Gasteiger partial charge in [-0.05, 0) is 55.0 Å². The summed E-state index contributed by atoms with van der Waals surface area (Å²) < 4.78 is 0. The molecular formula is C16H21NO2. The van der Waals surface area contributed by atoms with Crippen molar-refractivity contribution in [1.29, 1.82) is 0 Å². The van der Waals surface area contributed by atoms with Crippen molar-refractivity contribution >= 4 is 17.7 Å². The second kappa shape index (κ2) is 5.91. The number of aliphatic carboxylic acids is 1. The van der Waals surface area contributed by atoms with Crippen molar-refractivity contribution in [2.45, 2.75) is 26.7 Å². The molecule has 1 aromatic carbocycles. The molecule has 0 amide bonds. The molecule has 0 atom stereocenters. The molecule has 0 spiro atoms. The van der Waals surface area contributed by atoms with E-state index in [1.54, 1.807) is 6.08 Å². The third-order valence-electron chi connectivity index (χ3n) is 3.76. The van der Waals surface area contributed by atoms with E-state index in [0.29, 0.717) is 0 Å². The number of nitrogens with zero attached hydrogens (tertiary/aromatic N) is 1. The molecule has 0 aromatic heterocycles. The summed E-state index contributed by atoms with van der Waals surface area (Å²) >= 11 is 0. The van der Waals surface area contributed by atoms with Crippen molar-refractivity contribution in [3.05, 3.63) is 35.4 Å². The third kappa shape index (κ3) is 3.60. The molecule has 1 aliphatic heterocycles. The summed E-state index contributed by atoms with van der Waals surface area (Å²) in [7, 11) is 0. The van der Waals surface area contributed by atoms with Gasteiger partial charge in [0.2, 0.25) is 0 Å². The molecule has 3 nitrogen and oxygen atoms in total. The Morgan fingerprint density at radius 2 is 2.05 bits per heavy atom. The van der Waals surface area contributed by atoms with Crippen molar-refractivity contribution < 1.29 is 9.90 Å². The fourth-order valence-corrected chi connectivity index (χ4v) is 2.55. The van der Waals surface area contributed by atoms with Crippen LogP contribution < -0.4 is 4.90 Å². The molecule has 0 aliphatic carbocycles. The fraction of sp³-hybridized carbons (Fsp3) is 0.438. The first kappa shape index (κ1) is 13.7. The number of rotatable bonds is 3. The summed E-state index contributed by atoms with van der Waals surface area (Å²) in [5.41, 5.74) is 3.43. The number of carboxylic acid groups (broad SMARTS) is 1. The van der Waals surface area contributed by atoms with Gasteiger partial charge < -0.3 is 10.0 Å². The Labute approximate surface area is 114 Å². The normalized spacial score (nSPS) is 17.1. The molecule has 0 radical (unpaired) electrons. The summed E-state index contributed by atoms with van der Waals surface area (Å²) in [4.78, 5) is 12.9. The standard InChI is InChI=1S/C16H21NO2/c1-12-7-9-17(10-8-12)15-5-3-14(11-13(15)2)4-6-16(18)19/h3-6,11-12H,7-10H2,1-2H3,(H,18,19)/b6-4+. The molecule has 19 heavy (non-hydrogen) atoms. The summed E-state index contributed by atoms with van der Waals surface area (Å²) in [5.74, 6) is -0.0823. The van der Waals surface area contributed by atoms with Gasteiger partial charge in [0, 0.05) is 24.9 Å². The second-order valence-electron chi connectivity index (χ2n) is 5.39. The maximum Gasteiger partial charge on any atom is 0.328 e. The van der Waals surface area contributed by atoms with Crippen LogP contribution in [-0.2, 0) is 4.79 Å². The van der Waals surface area contributed by atoms with Gasteiger partial charge in [-0.1, -0.05) is 13.0 Å². The average Bonchev–Trinajstić information content (AvgIpc) is 2.38. The highest BCUT2D eigenvalue weighted by Crippen LogP contribution is 2.26. The maximum atomic E-state index is 10.5. The lowest BCUT2D eigenvalue weighted by molar-refractivity contribution is -0.131. The molecule has 1 N–H and O–H groups in total. The predicted molar refractivity (Wildman–Crippen MR) is 78.5 cm³/mol. The van der Waals surface area contributed by atoms with Crippen LogP contribution in [0.1, 0.15) is 30.9 Å². The van der Waals surface area contributed by atoms with E-state index in [1.807, 2.05) is 12.1 Å². The van der Waals surface area contributed by atoms with Crippen molar-refractivity contribution in [3.8, 4) is 0 Å². The van der Waals surface area contributed by atoms with Gasteiger partial charge in [-0.2, -0.15) is 0 Å². The molecule has 1 saturated heterocycles. The number of aryl methyl sites for hydroxylation is 1. The zero-order valence-electron chi connectivity index (χ0n) is 11.6. The molecule has 0 saturated carbocycles. The average molecular weight is 259 g/mol. The molecule has 102 valence electrons. The Morgan fingerprint density at radius 1 is 1.37 bits per heavy atom. The highest BCUT2D eigenvalue weighted by atomic mass is 16.4. The topological polar surface area (TPSA) is 40.5 Å². The first-order valence-electron chi connectivity index (χ1n) is 6.83. The van der Waals surface area contributed by atoms with Crippen LogP contribution in [0.4, 0.5) is 5.69 Å². The third-order valence-corrected chi connectivity index (χ3v) is 3.76. The van der Waals surface area contributed by atoms with E-state index < -0.39 is 5.97 Å². The van der Waals surface area contributed by atoms with Gasteiger partial charge in [0.15, 0.2) is 0 Å². The van der Waals surface area contributed by atoms with E-state index in [2.05, 4.69) is 24.8 Å². The van der Waals surface area contributed by atoms with Crippen LogP contribution in [-0.4, -0.2) is 24.2 Å². The van der Waals surface area contributed by atoms with E-state index in [1.165, 1.54) is 30.2 Å². The van der Waals surface area contributed by atoms with Crippen molar-refractivity contribution in [3.63, 3.8) is 0 Å². The van der Waals surface area contributed by atoms with Gasteiger partial charge in [-0.3, -0.25) is 0 Å². The van der Waals surface area contributed by atoms with E-state index >= 15 is 0 Å². The molecular weight excluding hydrogens is 238 g/mol. The Bertz CT molecular complexity index is 486. The molecule has 1 heterocycles. The molecule has 0 bridgehead atoms. The summed E-state index contributed by atoms with van der Waals surface area (Å²) in [5, 5.41) is 8.63. The number of hydrogen-bond acceptors (Lipinski definition) is 2. The minimum absolute atomic E-state index is 0.828. The lowest BCUT2D eigenvalue weighted by Crippen LogP contribution is -2.33. The van der Waals surface area contributed by atoms with Crippen molar-refractivity contribution in [1.82, 2.24) is 0 Å². The largest absolute Gasteiger partial charge is 0.478 e. The minimum atomic E-state index is -0.910. The lowest BCUT2D eigenvalue weighted by Gasteiger charge is -2.33. The van der Waals surface area contributed by atoms with Crippen LogP contribution in [0.2, 0.25) is 0 Å². The van der Waals surface area contributed by atoms with E-state index in [0.717, 1.165) is 24.6 Å². The highest BCUT2D eigenvalue weighted by Gasteiger charge is 2.17. The van der Waals surface area contributed by atoms with Crippen LogP contribution in [0.3, 0.4) is 0 Å². The number of anilines is 1. The zero-order valence-corrected chi connectivity index (χ0v) is 11.6. The molecule has 1 aliphatic rings. The maximum absolute atomic E-state index is 10.5. The van der Waals surface area contributed by atoms with E-state index in [-0.39, 0.29) is 0 Å². The van der Waals surface area contributed by atoms with E-state index in [9.17, 15) is 4.79 Å². The highest BCUT2D eigenvalue weighted by molar-refractivity contribution is 5.85. The molecule has 1 fully saturated rings. The van der Waals surface area contributed by atoms with Gasteiger partial charge in [0.05, 0.1) is 0 Å². The fourth-order valence-electron chi connectivity index (χ4n) is 2.55. The number of benzene rings is 1. The SMILES string of the molecule is Cc1cc(/C=C/C(=O)O)ccc1N1CCC(C)CC1. The second-order valence-corrected chi connectivity index (χ2v) is 5.39. The smallest absolute Gasteiger partial charge is 0.328 e. The van der Waals surface area contributed by atoms with Crippen LogP contribution in [0.5, 0.6) is 0 Å². The summed E-state index contributed by atoms with van der Waals surface area (Å²) in [6, 6.07) is 6.14. The van der Waals surface area contributed by atoms with Crippen LogP contribution in [0.15, 0.2) is 24.3 Å². The first-order valence-corrected chi connectivity index (χ1v) is 6.83. The van der Waals surface area contributed by atoms with Gasteiger partial charge in [-0.15, -0.1) is 0 Å². The van der Waals surface area contributed by atoms with Crippen LogP contribution in [0.25, 0.3) is 6.08 Å². The Hall–Kier alpha value is -1.77. The van der Waals surface area contributed by atoms with Crippen molar-refractivity contribution in [2.75, 3.05) is 18.0 Å². The minimum Gasteiger partial charge on any atom is -0.478 e. The van der Waals surface area contributed by atoms with Crippen LogP contribution in [0, 0.1) is 12.8 Å². The number of carbonyl (C=O) groups is 1. The molecule has 2 rings (SSSR count). The Morgan fingerprint density at radius 3 is 2.63 bits per heavy atom.